The van der Waals surface area contributed by atoms with Crippen molar-refractivity contribution in [1.29, 1.82) is 0 Å². The molecule has 2 N–H and O–H groups in total. The van der Waals surface area contributed by atoms with Crippen LogP contribution in [0.4, 0.5) is 16.4 Å². The average Bonchev–Trinajstić information content (AvgIpc) is 3.32. The van der Waals surface area contributed by atoms with Gasteiger partial charge in [-0.1, -0.05) is 31.4 Å². The molecule has 2 atom stereocenters. The number of likely N-dealkylation sites (N-methyl/N-ethyl adjacent to an activating group) is 1. The normalized spacial score (nSPS) is 20.9. The highest BCUT2D eigenvalue weighted by Gasteiger charge is 2.38. The summed E-state index contributed by atoms with van der Waals surface area (Å²) >= 11 is 0. The zero-order valence-corrected chi connectivity index (χ0v) is 21.8. The number of nitrogens with one attached hydrogen (secondary N) is 1. The first-order valence-corrected chi connectivity index (χ1v) is 13.4. The first-order valence-electron chi connectivity index (χ1n) is 13.4. The molecule has 3 aliphatic rings. The lowest BCUT2D eigenvalue weighted by Gasteiger charge is -2.37. The van der Waals surface area contributed by atoms with Crippen LogP contribution in [0, 0.1) is 0 Å². The number of hydrogen-bond donors (Lipinski definition) is 2. The smallest absolute Gasteiger partial charge is 0.410 e. The highest BCUT2D eigenvalue weighted by atomic mass is 16.6. The molecule has 1 aromatic carbocycles. The Morgan fingerprint density at radius 3 is 2.86 bits per heavy atom. The van der Waals surface area contributed by atoms with Crippen molar-refractivity contribution in [2.45, 2.75) is 50.3 Å². The van der Waals surface area contributed by atoms with Crippen LogP contribution in [0.25, 0.3) is 11.4 Å². The molecule has 5 rings (SSSR count). The summed E-state index contributed by atoms with van der Waals surface area (Å²) in [5.74, 6) is 3.07. The van der Waals surface area contributed by atoms with Gasteiger partial charge in [-0.2, -0.15) is 0 Å². The second-order valence-corrected chi connectivity index (χ2v) is 10.2. The van der Waals surface area contributed by atoms with E-state index in [-0.39, 0.29) is 18.7 Å². The first kappa shape index (κ1) is 25.5. The average molecular weight is 511 g/mol. The topological polar surface area (TPSA) is 103 Å². The number of carbonyl (C=O) groups is 1. The Morgan fingerprint density at radius 1 is 1.22 bits per heavy atom. The quantitative estimate of drug-likeness (QED) is 0.527. The van der Waals surface area contributed by atoms with Gasteiger partial charge in [-0.3, -0.25) is 4.90 Å². The SMILES string of the molecule is CNCC(O)COc1cccc(-c2nc(N3CCN4C(=O)OC[C@@H]4C3)cc(N(C)C3CCCCC3)n2)c1. The van der Waals surface area contributed by atoms with Gasteiger partial charge in [0.15, 0.2) is 5.82 Å². The molecule has 2 saturated heterocycles. The Labute approximate surface area is 218 Å². The summed E-state index contributed by atoms with van der Waals surface area (Å²) in [6.07, 6.45) is 5.32. The van der Waals surface area contributed by atoms with Crippen molar-refractivity contribution in [3.05, 3.63) is 30.3 Å². The lowest BCUT2D eigenvalue weighted by molar-refractivity contribution is 0.108. The van der Waals surface area contributed by atoms with Gasteiger partial charge in [0.2, 0.25) is 0 Å². The van der Waals surface area contributed by atoms with E-state index >= 15 is 0 Å². The van der Waals surface area contributed by atoms with Gasteiger partial charge in [-0.25, -0.2) is 14.8 Å². The van der Waals surface area contributed by atoms with Crippen molar-refractivity contribution in [2.75, 3.05) is 63.3 Å². The number of anilines is 2. The van der Waals surface area contributed by atoms with Crippen LogP contribution in [-0.4, -0.2) is 97.7 Å². The molecule has 1 amide bonds. The van der Waals surface area contributed by atoms with Crippen molar-refractivity contribution >= 4 is 17.7 Å². The van der Waals surface area contributed by atoms with Crippen LogP contribution in [0.5, 0.6) is 5.75 Å². The van der Waals surface area contributed by atoms with E-state index in [2.05, 4.69) is 28.2 Å². The molecule has 0 spiro atoms. The molecule has 3 heterocycles. The van der Waals surface area contributed by atoms with Crippen LogP contribution in [0.1, 0.15) is 32.1 Å². The molecule has 0 radical (unpaired) electrons. The fourth-order valence-electron chi connectivity index (χ4n) is 5.46. The zero-order chi connectivity index (χ0) is 25.8. The molecule has 10 heteroatoms. The number of benzene rings is 1. The van der Waals surface area contributed by atoms with Crippen LogP contribution in [-0.2, 0) is 4.74 Å². The number of aromatic nitrogens is 2. The van der Waals surface area contributed by atoms with E-state index in [4.69, 9.17) is 19.4 Å². The highest BCUT2D eigenvalue weighted by Crippen LogP contribution is 2.31. The van der Waals surface area contributed by atoms with Crippen LogP contribution in [0.15, 0.2) is 30.3 Å². The number of nitrogens with zero attached hydrogens (tertiary/aromatic N) is 5. The summed E-state index contributed by atoms with van der Waals surface area (Å²) < 4.78 is 11.1. The minimum atomic E-state index is -0.589. The fourth-order valence-corrected chi connectivity index (χ4v) is 5.46. The van der Waals surface area contributed by atoms with Gasteiger partial charge >= 0.3 is 6.09 Å². The largest absolute Gasteiger partial charge is 0.491 e. The van der Waals surface area contributed by atoms with E-state index in [1.165, 1.54) is 32.1 Å². The number of ether oxygens (including phenoxy) is 2. The van der Waals surface area contributed by atoms with Gasteiger partial charge in [-0.05, 0) is 32.0 Å². The van der Waals surface area contributed by atoms with E-state index in [1.807, 2.05) is 29.2 Å². The Morgan fingerprint density at radius 2 is 2.05 bits per heavy atom. The van der Waals surface area contributed by atoms with Gasteiger partial charge in [0.05, 0.1) is 6.04 Å². The van der Waals surface area contributed by atoms with Gasteiger partial charge < -0.3 is 29.7 Å². The number of rotatable bonds is 9. The van der Waals surface area contributed by atoms with Gasteiger partial charge in [0.25, 0.3) is 0 Å². The number of aliphatic hydroxyl groups excluding tert-OH is 1. The van der Waals surface area contributed by atoms with E-state index in [0.29, 0.717) is 50.4 Å². The molecule has 2 aromatic rings. The molecule has 10 nitrogen and oxygen atoms in total. The van der Waals surface area contributed by atoms with Crippen LogP contribution in [0.3, 0.4) is 0 Å². The minimum Gasteiger partial charge on any atom is -0.491 e. The Balaban J connectivity index is 1.43. The zero-order valence-electron chi connectivity index (χ0n) is 21.8. The third-order valence-corrected chi connectivity index (χ3v) is 7.60. The predicted molar refractivity (Wildman–Crippen MR) is 142 cm³/mol. The summed E-state index contributed by atoms with van der Waals surface area (Å²) in [7, 11) is 3.93. The molecular weight excluding hydrogens is 472 g/mol. The Kier molecular flexibility index (Phi) is 7.95. The highest BCUT2D eigenvalue weighted by molar-refractivity contribution is 5.71. The number of cyclic esters (lactones) is 1. The van der Waals surface area contributed by atoms with Crippen molar-refractivity contribution < 1.29 is 19.4 Å². The van der Waals surface area contributed by atoms with E-state index in [0.717, 1.165) is 17.2 Å². The maximum absolute atomic E-state index is 12.0. The molecule has 3 fully saturated rings. The number of hydrogen-bond acceptors (Lipinski definition) is 9. The van der Waals surface area contributed by atoms with Crippen LogP contribution in [0.2, 0.25) is 0 Å². The van der Waals surface area contributed by atoms with E-state index in [9.17, 15) is 9.90 Å². The number of piperazine rings is 1. The van der Waals surface area contributed by atoms with Gasteiger partial charge in [0.1, 0.15) is 36.7 Å². The van der Waals surface area contributed by atoms with Gasteiger partial charge in [-0.15, -0.1) is 0 Å². The Bertz CT molecular complexity index is 1080. The van der Waals surface area contributed by atoms with E-state index < -0.39 is 6.10 Å². The number of fused-ring (bicyclic) bond motifs is 1. The second-order valence-electron chi connectivity index (χ2n) is 10.2. The molecule has 200 valence electrons. The maximum atomic E-state index is 12.0. The number of amides is 1. The number of carbonyl (C=O) groups excluding carboxylic acids is 1. The molecule has 1 aromatic heterocycles. The van der Waals surface area contributed by atoms with Gasteiger partial charge in [0, 0.05) is 50.9 Å². The predicted octanol–water partition coefficient (Wildman–Crippen LogP) is 2.51. The summed E-state index contributed by atoms with van der Waals surface area (Å²) in [4.78, 5) is 28.3. The molecule has 37 heavy (non-hydrogen) atoms. The summed E-state index contributed by atoms with van der Waals surface area (Å²) in [5.41, 5.74) is 0.860. The lowest BCUT2D eigenvalue weighted by atomic mass is 9.94. The summed E-state index contributed by atoms with van der Waals surface area (Å²) in [6.45, 7) is 3.08. The minimum absolute atomic E-state index is 0.0416. The molecule has 1 saturated carbocycles. The monoisotopic (exact) mass is 510 g/mol. The molecule has 1 unspecified atom stereocenters. The lowest BCUT2D eigenvalue weighted by Crippen LogP contribution is -2.52. The molecule has 1 aliphatic carbocycles. The maximum Gasteiger partial charge on any atom is 0.410 e. The molecular formula is C27H38N6O4. The number of aliphatic hydroxyl groups is 1. The van der Waals surface area contributed by atoms with Crippen LogP contribution < -0.4 is 19.9 Å². The molecule has 0 bridgehead atoms. The van der Waals surface area contributed by atoms with Crippen molar-refractivity contribution in [2.24, 2.45) is 0 Å². The summed E-state index contributed by atoms with van der Waals surface area (Å²) in [6, 6.07) is 10.3. The van der Waals surface area contributed by atoms with Crippen molar-refractivity contribution in [1.82, 2.24) is 20.2 Å². The van der Waals surface area contributed by atoms with Crippen molar-refractivity contribution in [3.8, 4) is 17.1 Å². The van der Waals surface area contributed by atoms with E-state index in [1.54, 1.807) is 7.05 Å². The standard InChI is InChI=1S/C27H38N6O4/c1-28-15-22(34)18-36-23-10-6-7-19(13-23)26-29-24(31(2)20-8-4-3-5-9-20)14-25(30-26)32-11-12-33-21(16-32)17-37-27(33)35/h6-7,10,13-14,20-22,28,34H,3-5,8-9,11-12,15-18H2,1-2H3/t21-,22?/m0/s1. The fraction of sp³-hybridized carbons (Fsp3) is 0.593. The third-order valence-electron chi connectivity index (χ3n) is 7.60. The summed E-state index contributed by atoms with van der Waals surface area (Å²) in [5, 5.41) is 13.0. The van der Waals surface area contributed by atoms with Crippen LogP contribution >= 0.6 is 0 Å². The third kappa shape index (κ3) is 5.91. The van der Waals surface area contributed by atoms with Crippen molar-refractivity contribution in [3.63, 3.8) is 0 Å². The Hall–Kier alpha value is -3.11. The second kappa shape index (κ2) is 11.5. The molecule has 2 aliphatic heterocycles. The first-order chi connectivity index (χ1) is 18.0.